The molecule has 0 aliphatic carbocycles. The normalized spacial score (nSPS) is 25.3. The zero-order valence-electron chi connectivity index (χ0n) is 11.6. The summed E-state index contributed by atoms with van der Waals surface area (Å²) in [5, 5.41) is 13.2. The van der Waals surface area contributed by atoms with Gasteiger partial charge in [-0.1, -0.05) is 26.0 Å². The van der Waals surface area contributed by atoms with Crippen molar-refractivity contribution in [1.29, 1.82) is 0 Å². The first-order valence-electron chi connectivity index (χ1n) is 6.82. The molecule has 1 aromatic rings. The number of nitrogens with one attached hydrogen (secondary N) is 1. The quantitative estimate of drug-likeness (QED) is 0.840. The molecule has 0 radical (unpaired) electrons. The molecule has 2 N–H and O–H groups in total. The average molecular weight is 248 g/mol. The van der Waals surface area contributed by atoms with Crippen LogP contribution in [0.15, 0.2) is 24.3 Å². The number of benzene rings is 1. The first kappa shape index (κ1) is 13.4. The third kappa shape index (κ3) is 3.24. The summed E-state index contributed by atoms with van der Waals surface area (Å²) in [5.41, 5.74) is 2.56. The monoisotopic (exact) mass is 248 g/mol. The molecule has 2 atom stereocenters. The number of hydrogen-bond donors (Lipinski definition) is 2. The molecule has 1 aliphatic heterocycles. The molecule has 3 nitrogen and oxygen atoms in total. The van der Waals surface area contributed by atoms with Crippen LogP contribution in [-0.2, 0) is 0 Å². The van der Waals surface area contributed by atoms with Crippen LogP contribution in [0.5, 0.6) is 0 Å². The van der Waals surface area contributed by atoms with Gasteiger partial charge in [-0.2, -0.15) is 0 Å². The zero-order valence-corrected chi connectivity index (χ0v) is 11.6. The Kier molecular flexibility index (Phi) is 4.25. The van der Waals surface area contributed by atoms with E-state index < -0.39 is 0 Å². The maximum Gasteiger partial charge on any atom is 0.0839 e. The Bertz CT molecular complexity index is 363. The second-order valence-electron chi connectivity index (χ2n) is 5.61. The van der Waals surface area contributed by atoms with Crippen LogP contribution in [-0.4, -0.2) is 36.9 Å². The first-order valence-corrected chi connectivity index (χ1v) is 6.82. The molecule has 1 heterocycles. The Labute approximate surface area is 110 Å². The van der Waals surface area contributed by atoms with Crippen LogP contribution in [0.1, 0.15) is 32.3 Å². The van der Waals surface area contributed by atoms with E-state index in [2.05, 4.69) is 55.3 Å². The van der Waals surface area contributed by atoms with E-state index in [0.717, 1.165) is 6.54 Å². The third-order valence-corrected chi connectivity index (χ3v) is 3.55. The number of hydrogen-bond acceptors (Lipinski definition) is 3. The van der Waals surface area contributed by atoms with Gasteiger partial charge in [0.2, 0.25) is 0 Å². The minimum atomic E-state index is -0.292. The van der Waals surface area contributed by atoms with Crippen molar-refractivity contribution in [3.05, 3.63) is 29.8 Å². The van der Waals surface area contributed by atoms with Gasteiger partial charge in [-0.05, 0) is 30.5 Å². The van der Waals surface area contributed by atoms with Crippen molar-refractivity contribution in [3.63, 3.8) is 0 Å². The minimum Gasteiger partial charge on any atom is -0.390 e. The molecule has 2 rings (SSSR count). The van der Waals surface area contributed by atoms with Gasteiger partial charge in [0.15, 0.2) is 0 Å². The summed E-state index contributed by atoms with van der Waals surface area (Å²) in [6.07, 6.45) is -0.292. The summed E-state index contributed by atoms with van der Waals surface area (Å²) in [6.45, 7) is 8.90. The summed E-state index contributed by atoms with van der Waals surface area (Å²) in [5.74, 6) is 0.564. The van der Waals surface area contributed by atoms with Gasteiger partial charge in [0.1, 0.15) is 0 Å². The fraction of sp³-hybridized carbons (Fsp3) is 0.600. The lowest BCUT2D eigenvalue weighted by Crippen LogP contribution is -2.35. The summed E-state index contributed by atoms with van der Waals surface area (Å²) in [7, 11) is 0. The summed E-state index contributed by atoms with van der Waals surface area (Å²) >= 11 is 0. The van der Waals surface area contributed by atoms with E-state index in [9.17, 15) is 5.11 Å². The Hall–Kier alpha value is -1.06. The number of rotatable bonds is 2. The first-order chi connectivity index (χ1) is 8.56. The van der Waals surface area contributed by atoms with Gasteiger partial charge in [0.05, 0.1) is 6.10 Å². The second-order valence-corrected chi connectivity index (χ2v) is 5.61. The lowest BCUT2D eigenvalue weighted by molar-refractivity contribution is 0.183. The molecule has 2 unspecified atom stereocenters. The Morgan fingerprint density at radius 2 is 1.89 bits per heavy atom. The Morgan fingerprint density at radius 3 is 2.50 bits per heavy atom. The van der Waals surface area contributed by atoms with Crippen LogP contribution in [0.25, 0.3) is 0 Å². The largest absolute Gasteiger partial charge is 0.390 e. The molecule has 1 aromatic carbocycles. The number of aliphatic hydroxyl groups is 1. The van der Waals surface area contributed by atoms with Crippen LogP contribution in [0.4, 0.5) is 5.69 Å². The molecule has 3 heteroatoms. The van der Waals surface area contributed by atoms with E-state index >= 15 is 0 Å². The predicted octanol–water partition coefficient (Wildman–Crippen LogP) is 1.97. The number of anilines is 1. The summed E-state index contributed by atoms with van der Waals surface area (Å²) < 4.78 is 0. The van der Waals surface area contributed by atoms with Gasteiger partial charge in [0, 0.05) is 31.4 Å². The third-order valence-electron chi connectivity index (χ3n) is 3.55. The van der Waals surface area contributed by atoms with Crippen molar-refractivity contribution in [2.24, 2.45) is 0 Å². The maximum atomic E-state index is 9.88. The standard InChI is InChI=1S/C15H24N2O/c1-11(2)13-4-6-14(7-5-13)17-9-12(3)16-8-15(18)10-17/h4-7,11-12,15-16,18H,8-10H2,1-3H3. The molecule has 0 spiro atoms. The molecule has 0 saturated carbocycles. The van der Waals surface area contributed by atoms with Crippen LogP contribution in [0.2, 0.25) is 0 Å². The van der Waals surface area contributed by atoms with E-state index in [-0.39, 0.29) is 6.10 Å². The topological polar surface area (TPSA) is 35.5 Å². The lowest BCUT2D eigenvalue weighted by Gasteiger charge is -2.26. The van der Waals surface area contributed by atoms with Crippen molar-refractivity contribution in [3.8, 4) is 0 Å². The maximum absolute atomic E-state index is 9.88. The fourth-order valence-corrected chi connectivity index (χ4v) is 2.41. The van der Waals surface area contributed by atoms with Crippen LogP contribution < -0.4 is 10.2 Å². The van der Waals surface area contributed by atoms with Crippen LogP contribution in [0.3, 0.4) is 0 Å². The highest BCUT2D eigenvalue weighted by molar-refractivity contribution is 5.48. The van der Waals surface area contributed by atoms with Gasteiger partial charge in [0.25, 0.3) is 0 Å². The van der Waals surface area contributed by atoms with Crippen molar-refractivity contribution >= 4 is 5.69 Å². The predicted molar refractivity (Wildman–Crippen MR) is 76.2 cm³/mol. The van der Waals surface area contributed by atoms with Crippen molar-refractivity contribution in [2.75, 3.05) is 24.5 Å². The molecule has 0 aromatic heterocycles. The molecule has 1 fully saturated rings. The fourth-order valence-electron chi connectivity index (χ4n) is 2.41. The molecule has 0 amide bonds. The molecule has 0 bridgehead atoms. The number of aliphatic hydroxyl groups excluding tert-OH is 1. The van der Waals surface area contributed by atoms with Gasteiger partial charge in [-0.15, -0.1) is 0 Å². The summed E-state index contributed by atoms with van der Waals surface area (Å²) in [6, 6.07) is 9.12. The lowest BCUT2D eigenvalue weighted by atomic mass is 10.0. The number of β-amino-alcohol motifs (C(OH)–C–C–N with tert-alkyl or cyclic N) is 1. The SMILES string of the molecule is CC1CN(c2ccc(C(C)C)cc2)CC(O)CN1. The van der Waals surface area contributed by atoms with E-state index in [1.165, 1.54) is 11.3 Å². The van der Waals surface area contributed by atoms with Gasteiger partial charge >= 0.3 is 0 Å². The zero-order chi connectivity index (χ0) is 13.1. The van der Waals surface area contributed by atoms with E-state index in [1.54, 1.807) is 0 Å². The Balaban J connectivity index is 2.13. The molecular weight excluding hydrogens is 224 g/mol. The van der Waals surface area contributed by atoms with E-state index in [0.29, 0.717) is 25.0 Å². The molecule has 18 heavy (non-hydrogen) atoms. The van der Waals surface area contributed by atoms with E-state index in [4.69, 9.17) is 0 Å². The summed E-state index contributed by atoms with van der Waals surface area (Å²) in [4.78, 5) is 2.26. The van der Waals surface area contributed by atoms with Gasteiger partial charge in [-0.25, -0.2) is 0 Å². The van der Waals surface area contributed by atoms with Crippen molar-refractivity contribution in [2.45, 2.75) is 38.8 Å². The highest BCUT2D eigenvalue weighted by Crippen LogP contribution is 2.21. The number of nitrogens with zero attached hydrogens (tertiary/aromatic N) is 1. The smallest absolute Gasteiger partial charge is 0.0839 e. The van der Waals surface area contributed by atoms with Gasteiger partial charge in [-0.3, -0.25) is 0 Å². The minimum absolute atomic E-state index is 0.292. The molecule has 1 aliphatic rings. The van der Waals surface area contributed by atoms with Crippen molar-refractivity contribution in [1.82, 2.24) is 5.32 Å². The highest BCUT2D eigenvalue weighted by Gasteiger charge is 2.19. The second kappa shape index (κ2) is 5.72. The van der Waals surface area contributed by atoms with Crippen LogP contribution in [0, 0.1) is 0 Å². The Morgan fingerprint density at radius 1 is 1.22 bits per heavy atom. The molecule has 100 valence electrons. The molecular formula is C15H24N2O. The van der Waals surface area contributed by atoms with Gasteiger partial charge < -0.3 is 15.3 Å². The highest BCUT2D eigenvalue weighted by atomic mass is 16.3. The van der Waals surface area contributed by atoms with E-state index in [1.807, 2.05) is 0 Å². The molecule has 1 saturated heterocycles. The van der Waals surface area contributed by atoms with Crippen LogP contribution >= 0.6 is 0 Å². The average Bonchev–Trinajstić information content (AvgIpc) is 2.51. The van der Waals surface area contributed by atoms with Crippen molar-refractivity contribution < 1.29 is 5.11 Å².